The molecule has 1 fully saturated rings. The molecule has 110 valence electrons. The lowest BCUT2D eigenvalue weighted by Crippen LogP contribution is -2.38. The number of aliphatic hydroxyl groups is 1. The molecule has 1 aromatic heterocycles. The van der Waals surface area contributed by atoms with E-state index in [2.05, 4.69) is 4.98 Å². The van der Waals surface area contributed by atoms with Crippen LogP contribution >= 0.6 is 13.5 Å². The lowest BCUT2D eigenvalue weighted by atomic mass is 9.77. The fraction of sp³-hybridized carbons (Fsp3) is 0.643. The number of ether oxygens (including phenoxy) is 1. The van der Waals surface area contributed by atoms with Gasteiger partial charge in [0.1, 0.15) is 0 Å². The van der Waals surface area contributed by atoms with E-state index in [9.17, 15) is 9.50 Å². The van der Waals surface area contributed by atoms with Crippen molar-refractivity contribution < 1.29 is 14.2 Å². The summed E-state index contributed by atoms with van der Waals surface area (Å²) in [6.45, 7) is 7.01. The molecule has 2 rings (SSSR count). The normalized spacial score (nSPS) is 16.9. The van der Waals surface area contributed by atoms with Gasteiger partial charge in [-0.25, -0.2) is 4.98 Å². The fourth-order valence-electron chi connectivity index (χ4n) is 2.15. The van der Waals surface area contributed by atoms with Crippen LogP contribution in [0, 0.1) is 12.9 Å². The lowest BCUT2D eigenvalue weighted by Gasteiger charge is -2.35. The minimum Gasteiger partial charge on any atom is -0.395 e. The highest BCUT2D eigenvalue weighted by molar-refractivity contribution is 7.59. The molecule has 0 aliphatic carbocycles. The lowest BCUT2D eigenvalue weighted by molar-refractivity contribution is 0.0232. The average molecular weight is 289 g/mol. The molecule has 3 nitrogen and oxygen atoms in total. The largest absolute Gasteiger partial charge is 0.395 e. The van der Waals surface area contributed by atoms with Crippen molar-refractivity contribution in [1.29, 1.82) is 0 Å². The first-order valence-corrected chi connectivity index (χ1v) is 6.50. The number of rotatable bonds is 2. The quantitative estimate of drug-likeness (QED) is 0.851. The van der Waals surface area contributed by atoms with E-state index in [0.717, 1.165) is 5.56 Å². The first kappa shape index (κ1) is 18.4. The van der Waals surface area contributed by atoms with Gasteiger partial charge in [0.15, 0.2) is 0 Å². The number of aliphatic hydroxyl groups excluding tert-OH is 1. The summed E-state index contributed by atoms with van der Waals surface area (Å²) in [4.78, 5) is 3.92. The Balaban J connectivity index is 0.00000103. The van der Waals surface area contributed by atoms with E-state index in [1.807, 2.05) is 26.8 Å². The molecule has 1 aliphatic heterocycles. The van der Waals surface area contributed by atoms with Crippen molar-refractivity contribution in [3.05, 3.63) is 29.3 Å². The Kier molecular flexibility index (Phi) is 8.22. The predicted octanol–water partition coefficient (Wildman–Crippen LogP) is 2.71. The van der Waals surface area contributed by atoms with Crippen LogP contribution < -0.4 is 0 Å². The third-order valence-corrected chi connectivity index (χ3v) is 3.23. The third kappa shape index (κ3) is 4.44. The van der Waals surface area contributed by atoms with Crippen LogP contribution in [0.25, 0.3) is 0 Å². The van der Waals surface area contributed by atoms with E-state index in [1.54, 1.807) is 0 Å². The van der Waals surface area contributed by atoms with Crippen molar-refractivity contribution >= 4 is 13.5 Å². The van der Waals surface area contributed by atoms with Gasteiger partial charge in [0, 0.05) is 18.6 Å². The maximum absolute atomic E-state index is 13.3. The van der Waals surface area contributed by atoms with Crippen LogP contribution in [0.4, 0.5) is 4.39 Å². The number of pyridine rings is 1. The molecule has 0 saturated carbocycles. The second kappa shape index (κ2) is 8.51. The molecule has 0 amide bonds. The summed E-state index contributed by atoms with van der Waals surface area (Å²) in [5.74, 6) is -0.477. The van der Waals surface area contributed by atoms with E-state index >= 15 is 0 Å². The SMILES string of the molecule is CC.Cc1cc(F)nc(C2(CO)CCOCC2)c1.S. The first-order valence-electron chi connectivity index (χ1n) is 6.50. The second-order valence-corrected chi connectivity index (χ2v) is 4.40. The number of hydrogen-bond acceptors (Lipinski definition) is 3. The third-order valence-electron chi connectivity index (χ3n) is 3.23. The molecule has 1 aromatic rings. The molecule has 2 heterocycles. The summed E-state index contributed by atoms with van der Waals surface area (Å²) >= 11 is 0. The van der Waals surface area contributed by atoms with Gasteiger partial charge in [-0.15, -0.1) is 0 Å². The van der Waals surface area contributed by atoms with Crippen molar-refractivity contribution in [2.45, 2.75) is 39.0 Å². The Bertz CT molecular complexity index is 361. The molecular weight excluding hydrogens is 265 g/mol. The molecule has 1 aliphatic rings. The van der Waals surface area contributed by atoms with Crippen LogP contribution in [0.15, 0.2) is 12.1 Å². The molecule has 0 unspecified atom stereocenters. The standard InChI is InChI=1S/C12H16FNO2.C2H6.H2S/c1-9-6-10(14-11(13)7-9)12(8-15)2-4-16-5-3-12;1-2;/h6-7,15H,2-5,8H2,1H3;1-2H3;1H2. The monoisotopic (exact) mass is 289 g/mol. The van der Waals surface area contributed by atoms with E-state index in [4.69, 9.17) is 4.74 Å². The predicted molar refractivity (Wildman–Crippen MR) is 79.5 cm³/mol. The summed E-state index contributed by atoms with van der Waals surface area (Å²) in [6, 6.07) is 3.25. The zero-order valence-electron chi connectivity index (χ0n) is 11.9. The van der Waals surface area contributed by atoms with Crippen molar-refractivity contribution in [2.75, 3.05) is 19.8 Å². The van der Waals surface area contributed by atoms with E-state index in [1.165, 1.54) is 6.07 Å². The van der Waals surface area contributed by atoms with Gasteiger partial charge in [0.25, 0.3) is 0 Å². The minimum atomic E-state index is -0.477. The van der Waals surface area contributed by atoms with Crippen LogP contribution in [0.3, 0.4) is 0 Å². The zero-order chi connectivity index (χ0) is 13.6. The summed E-state index contributed by atoms with van der Waals surface area (Å²) in [5.41, 5.74) is 1.06. The van der Waals surface area contributed by atoms with Crippen molar-refractivity contribution in [2.24, 2.45) is 0 Å². The average Bonchev–Trinajstić information content (AvgIpc) is 2.41. The van der Waals surface area contributed by atoms with Gasteiger partial charge < -0.3 is 9.84 Å². The molecule has 5 heteroatoms. The highest BCUT2D eigenvalue weighted by atomic mass is 32.1. The highest BCUT2D eigenvalue weighted by Crippen LogP contribution is 2.33. The van der Waals surface area contributed by atoms with Crippen LogP contribution in [0.2, 0.25) is 0 Å². The second-order valence-electron chi connectivity index (χ2n) is 4.40. The molecular formula is C14H24FNO2S. The Morgan fingerprint density at radius 3 is 2.37 bits per heavy atom. The Morgan fingerprint density at radius 2 is 1.89 bits per heavy atom. The molecule has 19 heavy (non-hydrogen) atoms. The Hall–Kier alpha value is -0.650. The molecule has 0 atom stereocenters. The maximum atomic E-state index is 13.3. The number of hydrogen-bond donors (Lipinski definition) is 1. The smallest absolute Gasteiger partial charge is 0.213 e. The summed E-state index contributed by atoms with van der Waals surface area (Å²) in [6.07, 6.45) is 1.39. The van der Waals surface area contributed by atoms with Crippen molar-refractivity contribution in [1.82, 2.24) is 4.98 Å². The Morgan fingerprint density at radius 1 is 1.32 bits per heavy atom. The maximum Gasteiger partial charge on any atom is 0.213 e. The van der Waals surface area contributed by atoms with Gasteiger partial charge in [-0.3, -0.25) is 0 Å². The molecule has 0 bridgehead atoms. The van der Waals surface area contributed by atoms with Crippen LogP contribution in [-0.2, 0) is 10.2 Å². The molecule has 1 saturated heterocycles. The van der Waals surface area contributed by atoms with E-state index < -0.39 is 11.4 Å². The van der Waals surface area contributed by atoms with Crippen molar-refractivity contribution in [3.63, 3.8) is 0 Å². The number of aryl methyl sites for hydroxylation is 1. The number of nitrogens with zero attached hydrogens (tertiary/aromatic N) is 1. The van der Waals surface area contributed by atoms with Crippen LogP contribution in [0.5, 0.6) is 0 Å². The number of halogens is 1. The Labute approximate surface area is 121 Å². The number of aromatic nitrogens is 1. The summed E-state index contributed by atoms with van der Waals surface area (Å²) < 4.78 is 18.5. The molecule has 1 N–H and O–H groups in total. The van der Waals surface area contributed by atoms with Gasteiger partial charge in [0.05, 0.1) is 12.3 Å². The highest BCUT2D eigenvalue weighted by Gasteiger charge is 2.35. The topological polar surface area (TPSA) is 42.4 Å². The minimum absolute atomic E-state index is 0. The van der Waals surface area contributed by atoms with Gasteiger partial charge in [-0.2, -0.15) is 17.9 Å². The summed E-state index contributed by atoms with van der Waals surface area (Å²) in [5, 5.41) is 9.56. The van der Waals surface area contributed by atoms with Gasteiger partial charge >= 0.3 is 0 Å². The van der Waals surface area contributed by atoms with Crippen molar-refractivity contribution in [3.8, 4) is 0 Å². The van der Waals surface area contributed by atoms with E-state index in [-0.39, 0.29) is 20.1 Å². The van der Waals surface area contributed by atoms with E-state index in [0.29, 0.717) is 31.7 Å². The summed E-state index contributed by atoms with van der Waals surface area (Å²) in [7, 11) is 0. The molecule has 0 spiro atoms. The van der Waals surface area contributed by atoms with Gasteiger partial charge in [-0.05, 0) is 37.5 Å². The fourth-order valence-corrected chi connectivity index (χ4v) is 2.15. The first-order chi connectivity index (χ1) is 8.66. The van der Waals surface area contributed by atoms with Gasteiger partial charge in [0.2, 0.25) is 5.95 Å². The van der Waals surface area contributed by atoms with Crippen LogP contribution in [0.1, 0.15) is 37.9 Å². The molecule has 0 aromatic carbocycles. The zero-order valence-corrected chi connectivity index (χ0v) is 12.9. The van der Waals surface area contributed by atoms with Crippen LogP contribution in [-0.4, -0.2) is 29.9 Å². The van der Waals surface area contributed by atoms with Gasteiger partial charge in [-0.1, -0.05) is 13.8 Å². The molecule has 0 radical (unpaired) electrons.